The van der Waals surface area contributed by atoms with Crippen molar-refractivity contribution in [1.82, 2.24) is 14.5 Å². The van der Waals surface area contributed by atoms with Gasteiger partial charge in [-0.1, -0.05) is 11.6 Å². The molecule has 0 bridgehead atoms. The van der Waals surface area contributed by atoms with Crippen LogP contribution < -0.4 is 10.3 Å². The van der Waals surface area contributed by atoms with Crippen molar-refractivity contribution in [1.29, 1.82) is 0 Å². The Morgan fingerprint density at radius 1 is 1.18 bits per heavy atom. The molecule has 0 saturated carbocycles. The molecule has 28 heavy (non-hydrogen) atoms. The summed E-state index contributed by atoms with van der Waals surface area (Å²) in [4.78, 5) is 31.9. The molecule has 0 unspecified atom stereocenters. The van der Waals surface area contributed by atoms with Gasteiger partial charge in [0, 0.05) is 30.2 Å². The fraction of sp³-hybridized carbons (Fsp3) is 0.250. The zero-order chi connectivity index (χ0) is 19.7. The van der Waals surface area contributed by atoms with E-state index in [0.717, 1.165) is 24.6 Å². The number of benzene rings is 2. The number of hydrogen-bond donors (Lipinski definition) is 0. The molecule has 2 aromatic carbocycles. The van der Waals surface area contributed by atoms with Gasteiger partial charge in [-0.3, -0.25) is 14.2 Å². The second-order valence-electron chi connectivity index (χ2n) is 6.38. The zero-order valence-electron chi connectivity index (χ0n) is 15.2. The van der Waals surface area contributed by atoms with E-state index in [1.165, 1.54) is 18.0 Å². The van der Waals surface area contributed by atoms with Crippen molar-refractivity contribution in [3.8, 4) is 11.4 Å². The van der Waals surface area contributed by atoms with E-state index in [9.17, 15) is 9.59 Å². The van der Waals surface area contributed by atoms with E-state index in [-0.39, 0.29) is 11.5 Å². The van der Waals surface area contributed by atoms with E-state index in [0.29, 0.717) is 32.9 Å². The van der Waals surface area contributed by atoms with Crippen molar-refractivity contribution >= 4 is 40.2 Å². The minimum Gasteiger partial charge on any atom is -0.495 e. The van der Waals surface area contributed by atoms with Crippen LogP contribution in [0, 0.1) is 0 Å². The van der Waals surface area contributed by atoms with Crippen molar-refractivity contribution in [2.24, 2.45) is 0 Å². The summed E-state index contributed by atoms with van der Waals surface area (Å²) in [6.07, 6.45) is 1.45. The van der Waals surface area contributed by atoms with Crippen LogP contribution in [-0.2, 0) is 0 Å². The summed E-state index contributed by atoms with van der Waals surface area (Å²) in [5, 5.41) is 0.854. The normalized spacial score (nSPS) is 14.3. The number of hydrogen-bond acceptors (Lipinski definition) is 5. The molecule has 8 heteroatoms. The van der Waals surface area contributed by atoms with Gasteiger partial charge < -0.3 is 9.64 Å². The van der Waals surface area contributed by atoms with Crippen molar-refractivity contribution in [3.05, 3.63) is 63.7 Å². The van der Waals surface area contributed by atoms with Crippen LogP contribution in [0.3, 0.4) is 0 Å². The molecule has 1 aliphatic heterocycles. The van der Waals surface area contributed by atoms with Crippen molar-refractivity contribution in [3.63, 3.8) is 0 Å². The zero-order valence-corrected chi connectivity index (χ0v) is 16.8. The van der Waals surface area contributed by atoms with Crippen LogP contribution >= 0.6 is 23.4 Å². The molecule has 0 aliphatic carbocycles. The van der Waals surface area contributed by atoms with Crippen molar-refractivity contribution in [2.75, 3.05) is 31.7 Å². The first-order valence-corrected chi connectivity index (χ1v) is 10.3. The first-order chi connectivity index (χ1) is 13.6. The Morgan fingerprint density at radius 3 is 2.68 bits per heavy atom. The monoisotopic (exact) mass is 415 g/mol. The van der Waals surface area contributed by atoms with Gasteiger partial charge in [0.05, 0.1) is 28.7 Å². The first-order valence-electron chi connectivity index (χ1n) is 8.81. The third-order valence-corrected chi connectivity index (χ3v) is 5.96. The lowest BCUT2D eigenvalue weighted by atomic mass is 10.1. The number of thioether (sulfide) groups is 1. The Balaban J connectivity index is 1.71. The largest absolute Gasteiger partial charge is 0.495 e. The van der Waals surface area contributed by atoms with Gasteiger partial charge in [-0.25, -0.2) is 4.98 Å². The maximum Gasteiger partial charge on any atom is 0.265 e. The highest BCUT2D eigenvalue weighted by Crippen LogP contribution is 2.26. The molecule has 0 spiro atoms. The molecule has 4 rings (SSSR count). The van der Waals surface area contributed by atoms with Crippen LogP contribution in [-0.4, -0.2) is 52.1 Å². The predicted molar refractivity (Wildman–Crippen MR) is 112 cm³/mol. The maximum atomic E-state index is 12.9. The summed E-state index contributed by atoms with van der Waals surface area (Å²) in [5.74, 6) is 2.42. The molecule has 0 N–H and O–H groups in total. The number of nitrogens with zero attached hydrogens (tertiary/aromatic N) is 3. The lowest BCUT2D eigenvalue weighted by molar-refractivity contribution is 0.0772. The lowest BCUT2D eigenvalue weighted by Crippen LogP contribution is -2.37. The summed E-state index contributed by atoms with van der Waals surface area (Å²) in [6.45, 7) is 1.49. The van der Waals surface area contributed by atoms with E-state index >= 15 is 0 Å². The molecule has 144 valence electrons. The van der Waals surface area contributed by atoms with Crippen LogP contribution in [0.1, 0.15) is 10.4 Å². The molecular formula is C20H18ClN3O3S. The third kappa shape index (κ3) is 3.47. The number of fused-ring (bicyclic) bond motifs is 1. The van der Waals surface area contributed by atoms with E-state index < -0.39 is 0 Å². The summed E-state index contributed by atoms with van der Waals surface area (Å²) < 4.78 is 6.58. The van der Waals surface area contributed by atoms with Gasteiger partial charge >= 0.3 is 0 Å². The first kappa shape index (κ1) is 18.8. The van der Waals surface area contributed by atoms with Gasteiger partial charge in [0.2, 0.25) is 0 Å². The van der Waals surface area contributed by atoms with Crippen molar-refractivity contribution < 1.29 is 9.53 Å². The Bertz CT molecular complexity index is 1110. The van der Waals surface area contributed by atoms with Crippen LogP contribution in [0.2, 0.25) is 5.02 Å². The van der Waals surface area contributed by atoms with E-state index in [1.807, 2.05) is 16.7 Å². The van der Waals surface area contributed by atoms with Gasteiger partial charge in [-0.05, 0) is 36.4 Å². The molecule has 1 aromatic heterocycles. The number of carbonyl (C=O) groups is 1. The average molecular weight is 416 g/mol. The number of amides is 1. The molecule has 0 radical (unpaired) electrons. The minimum absolute atomic E-state index is 0.0184. The molecule has 0 atom stereocenters. The maximum absolute atomic E-state index is 12.9. The van der Waals surface area contributed by atoms with Gasteiger partial charge in [0.15, 0.2) is 0 Å². The molecule has 6 nitrogen and oxygen atoms in total. The highest BCUT2D eigenvalue weighted by atomic mass is 35.5. The van der Waals surface area contributed by atoms with Gasteiger partial charge in [-0.2, -0.15) is 11.8 Å². The number of rotatable bonds is 3. The topological polar surface area (TPSA) is 64.4 Å². The van der Waals surface area contributed by atoms with Gasteiger partial charge in [0.1, 0.15) is 12.1 Å². The second-order valence-corrected chi connectivity index (χ2v) is 8.01. The quantitative estimate of drug-likeness (QED) is 0.657. The molecule has 1 fully saturated rings. The third-order valence-electron chi connectivity index (χ3n) is 4.72. The van der Waals surface area contributed by atoms with E-state index in [2.05, 4.69) is 4.98 Å². The number of carbonyl (C=O) groups excluding carboxylic acids is 1. The molecule has 2 heterocycles. The fourth-order valence-corrected chi connectivity index (χ4v) is 4.35. The summed E-state index contributed by atoms with van der Waals surface area (Å²) >= 11 is 8.03. The minimum atomic E-state index is -0.223. The van der Waals surface area contributed by atoms with Gasteiger partial charge in [0.25, 0.3) is 11.5 Å². The standard InChI is InChI=1S/C20H18ClN3O3S/c1-27-18-5-3-14(11-16(18)21)24-12-22-17-10-13(2-4-15(17)20(24)26)19(25)23-6-8-28-9-7-23/h2-5,10-12H,6-9H2,1H3. The molecule has 1 saturated heterocycles. The predicted octanol–water partition coefficient (Wildman–Crippen LogP) is 3.24. The Labute approximate surface area is 171 Å². The average Bonchev–Trinajstić information content (AvgIpc) is 2.74. The highest BCUT2D eigenvalue weighted by Gasteiger charge is 2.19. The van der Waals surface area contributed by atoms with Crippen LogP contribution in [0.5, 0.6) is 5.75 Å². The summed E-state index contributed by atoms with van der Waals surface area (Å²) in [5.41, 5.74) is 1.42. The lowest BCUT2D eigenvalue weighted by Gasteiger charge is -2.26. The number of halogens is 1. The highest BCUT2D eigenvalue weighted by molar-refractivity contribution is 7.99. The Morgan fingerprint density at radius 2 is 1.96 bits per heavy atom. The fourth-order valence-electron chi connectivity index (χ4n) is 3.19. The van der Waals surface area contributed by atoms with E-state index in [4.69, 9.17) is 16.3 Å². The smallest absolute Gasteiger partial charge is 0.265 e. The molecule has 1 amide bonds. The van der Waals surface area contributed by atoms with Gasteiger partial charge in [-0.15, -0.1) is 0 Å². The van der Waals surface area contributed by atoms with E-state index in [1.54, 1.807) is 36.4 Å². The summed E-state index contributed by atoms with van der Waals surface area (Å²) in [6, 6.07) is 10.1. The number of aromatic nitrogens is 2. The Hall–Kier alpha value is -2.51. The van der Waals surface area contributed by atoms with Crippen molar-refractivity contribution in [2.45, 2.75) is 0 Å². The van der Waals surface area contributed by atoms with Crippen LogP contribution in [0.4, 0.5) is 0 Å². The number of methoxy groups -OCH3 is 1. The Kier molecular flexibility index (Phi) is 5.28. The SMILES string of the molecule is COc1ccc(-n2cnc3cc(C(=O)N4CCSCC4)ccc3c2=O)cc1Cl. The molecule has 3 aromatic rings. The number of ether oxygens (including phenoxy) is 1. The second kappa shape index (κ2) is 7.85. The molecular weight excluding hydrogens is 398 g/mol. The molecule has 1 aliphatic rings. The van der Waals surface area contributed by atoms with Crippen LogP contribution in [0.25, 0.3) is 16.6 Å². The van der Waals surface area contributed by atoms with Crippen LogP contribution in [0.15, 0.2) is 47.5 Å². The summed E-state index contributed by atoms with van der Waals surface area (Å²) in [7, 11) is 1.53.